The number of thioether (sulfide) groups is 2. The van der Waals surface area contributed by atoms with Gasteiger partial charge in [0.15, 0.2) is 0 Å². The summed E-state index contributed by atoms with van der Waals surface area (Å²) in [4.78, 5) is 26.9. The first kappa shape index (κ1) is 17.4. The summed E-state index contributed by atoms with van der Waals surface area (Å²) in [6, 6.07) is -0.950. The molecule has 5 nitrogen and oxygen atoms in total. The number of carbonyl (C=O) groups excluding carboxylic acids is 2. The lowest BCUT2D eigenvalue weighted by atomic mass is 9.83. The van der Waals surface area contributed by atoms with Gasteiger partial charge in [-0.25, -0.2) is 4.79 Å². The number of rotatable bonds is 3. The van der Waals surface area contributed by atoms with Gasteiger partial charge < -0.3 is 15.4 Å². The topological polar surface area (TPSA) is 72.6 Å². The number of nitrogens with two attached hydrogens (primary N) is 1. The Hall–Kier alpha value is -0.400. The summed E-state index contributed by atoms with van der Waals surface area (Å²) < 4.78 is 4.91. The highest BCUT2D eigenvalue weighted by Crippen LogP contribution is 2.52. The minimum absolute atomic E-state index is 0.0409. The third kappa shape index (κ3) is 3.51. The second-order valence-corrected chi connectivity index (χ2v) is 9.96. The molecule has 1 spiro atoms. The van der Waals surface area contributed by atoms with Crippen molar-refractivity contribution in [3.05, 3.63) is 0 Å². The van der Waals surface area contributed by atoms with Crippen molar-refractivity contribution in [1.82, 2.24) is 4.90 Å². The van der Waals surface area contributed by atoms with Gasteiger partial charge in [0.2, 0.25) is 5.91 Å². The van der Waals surface area contributed by atoms with Crippen molar-refractivity contribution in [2.45, 2.75) is 54.7 Å². The van der Waals surface area contributed by atoms with Crippen LogP contribution in [0.25, 0.3) is 0 Å². The van der Waals surface area contributed by atoms with Crippen LogP contribution in [0, 0.1) is 5.92 Å². The Morgan fingerprint density at radius 3 is 2.48 bits per heavy atom. The molecule has 1 unspecified atom stereocenters. The molecular weight excluding hydrogens is 332 g/mol. The summed E-state index contributed by atoms with van der Waals surface area (Å²) in [5.74, 6) is 2.05. The molecule has 2 N–H and O–H groups in total. The third-order valence-corrected chi connectivity index (χ3v) is 8.73. The predicted molar refractivity (Wildman–Crippen MR) is 94.3 cm³/mol. The van der Waals surface area contributed by atoms with Crippen molar-refractivity contribution in [2.24, 2.45) is 11.7 Å². The van der Waals surface area contributed by atoms with E-state index in [0.717, 1.165) is 37.2 Å². The Labute approximate surface area is 146 Å². The lowest BCUT2D eigenvalue weighted by Gasteiger charge is -2.32. The first-order chi connectivity index (χ1) is 11.1. The third-order valence-electron chi connectivity index (χ3n) is 5.30. The molecule has 0 aromatic rings. The van der Waals surface area contributed by atoms with Crippen molar-refractivity contribution >= 4 is 35.4 Å². The van der Waals surface area contributed by atoms with E-state index in [1.54, 1.807) is 4.90 Å². The molecule has 23 heavy (non-hydrogen) atoms. The largest absolute Gasteiger partial charge is 0.467 e. The van der Waals surface area contributed by atoms with Gasteiger partial charge in [0.1, 0.15) is 6.04 Å². The number of nitrogens with zero attached hydrogens (tertiary/aromatic N) is 1. The standard InChI is InChI=1S/C16H26N2O3S2/c1-21-15(20)12-9-16(22-7-8-23-16)10-18(12)14(19)13(17)11-5-3-2-4-6-11/h11-13H,2-10,17H2,1H3/t12-,13?/m0/s1. The van der Waals surface area contributed by atoms with Gasteiger partial charge in [-0.3, -0.25) is 4.79 Å². The van der Waals surface area contributed by atoms with Gasteiger partial charge in [-0.15, -0.1) is 23.5 Å². The molecule has 2 heterocycles. The van der Waals surface area contributed by atoms with E-state index in [9.17, 15) is 9.59 Å². The van der Waals surface area contributed by atoms with Crippen molar-refractivity contribution in [3.8, 4) is 0 Å². The normalized spacial score (nSPS) is 29.0. The molecule has 7 heteroatoms. The Morgan fingerprint density at radius 2 is 1.87 bits per heavy atom. The van der Waals surface area contributed by atoms with Crippen LogP contribution >= 0.6 is 23.5 Å². The van der Waals surface area contributed by atoms with Gasteiger partial charge in [0, 0.05) is 24.5 Å². The summed E-state index contributed by atoms with van der Waals surface area (Å²) in [5.41, 5.74) is 6.31. The molecule has 3 fully saturated rings. The maximum Gasteiger partial charge on any atom is 0.328 e. The van der Waals surface area contributed by atoms with E-state index in [0.29, 0.717) is 13.0 Å². The molecule has 1 amide bonds. The summed E-state index contributed by atoms with van der Waals surface area (Å²) in [7, 11) is 1.39. The highest BCUT2D eigenvalue weighted by atomic mass is 32.2. The van der Waals surface area contributed by atoms with E-state index in [2.05, 4.69) is 0 Å². The minimum Gasteiger partial charge on any atom is -0.467 e. The predicted octanol–water partition coefficient (Wildman–Crippen LogP) is 1.84. The fraction of sp³-hybridized carbons (Fsp3) is 0.875. The highest BCUT2D eigenvalue weighted by Gasteiger charge is 2.52. The van der Waals surface area contributed by atoms with Crippen molar-refractivity contribution in [1.29, 1.82) is 0 Å². The van der Waals surface area contributed by atoms with E-state index < -0.39 is 12.1 Å². The van der Waals surface area contributed by atoms with Crippen LogP contribution in [0.2, 0.25) is 0 Å². The van der Waals surface area contributed by atoms with E-state index in [1.165, 1.54) is 13.5 Å². The maximum atomic E-state index is 13.0. The average Bonchev–Trinajstić information content (AvgIpc) is 3.21. The number of methoxy groups -OCH3 is 1. The molecule has 1 saturated carbocycles. The van der Waals surface area contributed by atoms with Crippen molar-refractivity contribution in [2.75, 3.05) is 25.2 Å². The second kappa shape index (κ2) is 7.23. The molecule has 3 aliphatic rings. The molecule has 0 bridgehead atoms. The lowest BCUT2D eigenvalue weighted by Crippen LogP contribution is -2.52. The van der Waals surface area contributed by atoms with E-state index >= 15 is 0 Å². The van der Waals surface area contributed by atoms with E-state index in [4.69, 9.17) is 10.5 Å². The lowest BCUT2D eigenvalue weighted by molar-refractivity contribution is -0.151. The summed E-state index contributed by atoms with van der Waals surface area (Å²) >= 11 is 3.75. The molecule has 2 aliphatic heterocycles. The average molecular weight is 359 g/mol. The molecule has 2 atom stereocenters. The van der Waals surface area contributed by atoms with Crippen LogP contribution in [-0.4, -0.2) is 58.1 Å². The first-order valence-corrected chi connectivity index (χ1v) is 10.5. The molecule has 0 radical (unpaired) electrons. The number of esters is 1. The Bertz CT molecular complexity index is 462. The minimum atomic E-state index is -0.478. The summed E-state index contributed by atoms with van der Waals surface area (Å²) in [5, 5.41) is 0. The second-order valence-electron chi connectivity index (χ2n) is 6.74. The van der Waals surface area contributed by atoms with Gasteiger partial charge in [-0.05, 0) is 18.8 Å². The van der Waals surface area contributed by atoms with Crippen LogP contribution in [-0.2, 0) is 14.3 Å². The molecule has 0 aromatic carbocycles. The number of carbonyl (C=O) groups is 2. The fourth-order valence-corrected chi connectivity index (χ4v) is 7.27. The van der Waals surface area contributed by atoms with Gasteiger partial charge >= 0.3 is 5.97 Å². The van der Waals surface area contributed by atoms with Gasteiger partial charge in [0.05, 0.1) is 17.2 Å². The quantitative estimate of drug-likeness (QED) is 0.776. The molecule has 3 rings (SSSR count). The number of ether oxygens (including phenoxy) is 1. The Kier molecular flexibility index (Phi) is 5.48. The zero-order chi connectivity index (χ0) is 16.4. The Morgan fingerprint density at radius 1 is 1.22 bits per heavy atom. The molecule has 1 aliphatic carbocycles. The summed E-state index contributed by atoms with van der Waals surface area (Å²) in [6.07, 6.45) is 6.28. The van der Waals surface area contributed by atoms with E-state index in [1.807, 2.05) is 23.5 Å². The van der Waals surface area contributed by atoms with E-state index in [-0.39, 0.29) is 21.9 Å². The van der Waals surface area contributed by atoms with Crippen LogP contribution in [0.5, 0.6) is 0 Å². The number of hydrogen-bond acceptors (Lipinski definition) is 6. The van der Waals surface area contributed by atoms with Crippen LogP contribution in [0.4, 0.5) is 0 Å². The summed E-state index contributed by atoms with van der Waals surface area (Å²) in [6.45, 7) is 0.612. The SMILES string of the molecule is COC(=O)[C@@H]1CC2(CN1C(=O)C(N)C1CCCCC1)SCCS2. The molecule has 2 saturated heterocycles. The highest BCUT2D eigenvalue weighted by molar-refractivity contribution is 8.21. The van der Waals surface area contributed by atoms with Gasteiger partial charge in [0.25, 0.3) is 0 Å². The number of hydrogen-bond donors (Lipinski definition) is 1. The van der Waals surface area contributed by atoms with Crippen LogP contribution in [0.1, 0.15) is 38.5 Å². The molecule has 0 aromatic heterocycles. The molecular formula is C16H26N2O3S2. The van der Waals surface area contributed by atoms with Gasteiger partial charge in [-0.1, -0.05) is 19.3 Å². The number of amides is 1. The first-order valence-electron chi connectivity index (χ1n) is 8.48. The zero-order valence-corrected chi connectivity index (χ0v) is 15.3. The van der Waals surface area contributed by atoms with Crippen molar-refractivity contribution < 1.29 is 14.3 Å². The maximum absolute atomic E-state index is 13.0. The monoisotopic (exact) mass is 358 g/mol. The van der Waals surface area contributed by atoms with Gasteiger partial charge in [-0.2, -0.15) is 0 Å². The van der Waals surface area contributed by atoms with Crippen LogP contribution in [0.3, 0.4) is 0 Å². The smallest absolute Gasteiger partial charge is 0.328 e. The van der Waals surface area contributed by atoms with Crippen LogP contribution in [0.15, 0.2) is 0 Å². The Balaban J connectivity index is 1.74. The molecule has 130 valence electrons. The number of likely N-dealkylation sites (tertiary alicyclic amines) is 1. The fourth-order valence-electron chi connectivity index (χ4n) is 4.01. The zero-order valence-electron chi connectivity index (χ0n) is 13.7. The van der Waals surface area contributed by atoms with Crippen molar-refractivity contribution in [3.63, 3.8) is 0 Å². The van der Waals surface area contributed by atoms with Crippen LogP contribution < -0.4 is 5.73 Å².